The molecular formula is C15H25N3O. The first-order valence-corrected chi connectivity index (χ1v) is 8.08. The Morgan fingerprint density at radius 1 is 1.05 bits per heavy atom. The molecule has 3 saturated heterocycles. The molecule has 1 aliphatic carbocycles. The molecule has 1 amide bonds. The molecule has 4 fully saturated rings. The van der Waals surface area contributed by atoms with Gasteiger partial charge in [-0.1, -0.05) is 0 Å². The van der Waals surface area contributed by atoms with E-state index >= 15 is 0 Å². The molecule has 4 nitrogen and oxygen atoms in total. The molecule has 1 N–H and O–H groups in total. The van der Waals surface area contributed by atoms with E-state index in [1.165, 1.54) is 38.6 Å². The molecule has 0 radical (unpaired) electrons. The lowest BCUT2D eigenvalue weighted by Crippen LogP contribution is -2.59. The minimum absolute atomic E-state index is 0.277. The summed E-state index contributed by atoms with van der Waals surface area (Å²) in [5, 5.41) is 3.21. The van der Waals surface area contributed by atoms with E-state index < -0.39 is 0 Å². The van der Waals surface area contributed by atoms with E-state index in [0.29, 0.717) is 5.91 Å². The first-order chi connectivity index (χ1) is 9.33. The summed E-state index contributed by atoms with van der Waals surface area (Å²) >= 11 is 0. The standard InChI is InChI=1S/C15H25N3O/c19-15(12-8-16-9-12)17-7-5-14-11(10-17)2-1-6-18(14)13-3-4-13/h11-14,16H,1-10H2. The average molecular weight is 263 g/mol. The van der Waals surface area contributed by atoms with Crippen LogP contribution in [0.25, 0.3) is 0 Å². The quantitative estimate of drug-likeness (QED) is 0.796. The van der Waals surface area contributed by atoms with E-state index in [4.69, 9.17) is 0 Å². The summed E-state index contributed by atoms with van der Waals surface area (Å²) in [6.45, 7) is 5.14. The number of nitrogens with zero attached hydrogens (tertiary/aromatic N) is 2. The van der Waals surface area contributed by atoms with Gasteiger partial charge in [-0.05, 0) is 44.6 Å². The molecule has 2 atom stereocenters. The third kappa shape index (κ3) is 2.19. The van der Waals surface area contributed by atoms with Crippen LogP contribution in [0.1, 0.15) is 32.1 Å². The van der Waals surface area contributed by atoms with Crippen molar-refractivity contribution in [2.24, 2.45) is 11.8 Å². The summed E-state index contributed by atoms with van der Waals surface area (Å²) in [6, 6.07) is 1.68. The van der Waals surface area contributed by atoms with Crippen LogP contribution < -0.4 is 5.32 Å². The molecule has 4 heteroatoms. The zero-order chi connectivity index (χ0) is 12.8. The van der Waals surface area contributed by atoms with Crippen molar-refractivity contribution in [3.8, 4) is 0 Å². The van der Waals surface area contributed by atoms with Crippen LogP contribution in [0.15, 0.2) is 0 Å². The topological polar surface area (TPSA) is 35.6 Å². The Hall–Kier alpha value is -0.610. The predicted molar refractivity (Wildman–Crippen MR) is 73.8 cm³/mol. The minimum Gasteiger partial charge on any atom is -0.342 e. The van der Waals surface area contributed by atoms with Crippen molar-refractivity contribution < 1.29 is 4.79 Å². The van der Waals surface area contributed by atoms with Gasteiger partial charge in [0.2, 0.25) is 5.91 Å². The van der Waals surface area contributed by atoms with Crippen molar-refractivity contribution >= 4 is 5.91 Å². The molecule has 3 aliphatic heterocycles. The number of fused-ring (bicyclic) bond motifs is 1. The lowest BCUT2D eigenvalue weighted by Gasteiger charge is -2.48. The number of carbonyl (C=O) groups is 1. The van der Waals surface area contributed by atoms with Gasteiger partial charge in [-0.15, -0.1) is 0 Å². The summed E-state index contributed by atoms with van der Waals surface area (Å²) in [6.07, 6.45) is 6.72. The number of hydrogen-bond donors (Lipinski definition) is 1. The van der Waals surface area contributed by atoms with Gasteiger partial charge in [-0.3, -0.25) is 9.69 Å². The highest BCUT2D eigenvalue weighted by molar-refractivity contribution is 5.80. The van der Waals surface area contributed by atoms with E-state index in [-0.39, 0.29) is 5.92 Å². The van der Waals surface area contributed by atoms with Gasteiger partial charge in [0.05, 0.1) is 5.92 Å². The molecular weight excluding hydrogens is 238 g/mol. The van der Waals surface area contributed by atoms with Crippen LogP contribution in [0, 0.1) is 11.8 Å². The van der Waals surface area contributed by atoms with Crippen LogP contribution in [0.3, 0.4) is 0 Å². The molecule has 106 valence electrons. The van der Waals surface area contributed by atoms with Crippen LogP contribution in [-0.4, -0.2) is 60.5 Å². The second-order valence-electron chi connectivity index (χ2n) is 6.87. The van der Waals surface area contributed by atoms with Crippen molar-refractivity contribution in [3.63, 3.8) is 0 Å². The number of amides is 1. The van der Waals surface area contributed by atoms with Gasteiger partial charge in [0.15, 0.2) is 0 Å². The lowest BCUT2D eigenvalue weighted by molar-refractivity contribution is -0.140. The van der Waals surface area contributed by atoms with Crippen LogP contribution in [0.2, 0.25) is 0 Å². The highest BCUT2D eigenvalue weighted by Gasteiger charge is 2.43. The van der Waals surface area contributed by atoms with Gasteiger partial charge < -0.3 is 10.2 Å². The van der Waals surface area contributed by atoms with E-state index in [1.54, 1.807) is 0 Å². The maximum Gasteiger partial charge on any atom is 0.228 e. The van der Waals surface area contributed by atoms with Crippen LogP contribution in [-0.2, 0) is 4.79 Å². The minimum atomic E-state index is 0.277. The average Bonchev–Trinajstić information content (AvgIpc) is 3.19. The van der Waals surface area contributed by atoms with Gasteiger partial charge in [0.1, 0.15) is 0 Å². The molecule has 0 aromatic rings. The number of nitrogens with one attached hydrogen (secondary N) is 1. The van der Waals surface area contributed by atoms with Crippen LogP contribution >= 0.6 is 0 Å². The second kappa shape index (κ2) is 4.74. The molecule has 19 heavy (non-hydrogen) atoms. The number of hydrogen-bond acceptors (Lipinski definition) is 3. The number of likely N-dealkylation sites (tertiary alicyclic amines) is 2. The maximum atomic E-state index is 12.4. The predicted octanol–water partition coefficient (Wildman–Crippen LogP) is 0.681. The van der Waals surface area contributed by atoms with Gasteiger partial charge in [0, 0.05) is 38.3 Å². The normalized spacial score (nSPS) is 36.7. The number of piperidine rings is 2. The van der Waals surface area contributed by atoms with E-state index in [9.17, 15) is 4.79 Å². The molecule has 1 saturated carbocycles. The largest absolute Gasteiger partial charge is 0.342 e. The SMILES string of the molecule is O=C(C1CNC1)N1CCC2C(CCCN2C2CC2)C1. The van der Waals surface area contributed by atoms with E-state index in [1.807, 2.05) is 0 Å². The fourth-order valence-electron chi connectivity index (χ4n) is 4.22. The van der Waals surface area contributed by atoms with Crippen molar-refractivity contribution in [1.82, 2.24) is 15.1 Å². The van der Waals surface area contributed by atoms with Crippen molar-refractivity contribution in [2.45, 2.75) is 44.2 Å². The number of rotatable bonds is 2. The summed E-state index contributed by atoms with van der Waals surface area (Å²) in [5.41, 5.74) is 0. The zero-order valence-electron chi connectivity index (χ0n) is 11.7. The lowest BCUT2D eigenvalue weighted by atomic mass is 9.83. The van der Waals surface area contributed by atoms with Crippen molar-refractivity contribution in [2.75, 3.05) is 32.7 Å². The molecule has 0 aromatic heterocycles. The highest BCUT2D eigenvalue weighted by atomic mass is 16.2. The van der Waals surface area contributed by atoms with Gasteiger partial charge >= 0.3 is 0 Å². The molecule has 4 rings (SSSR count). The monoisotopic (exact) mass is 263 g/mol. The third-order valence-corrected chi connectivity index (χ3v) is 5.57. The summed E-state index contributed by atoms with van der Waals surface area (Å²) < 4.78 is 0. The van der Waals surface area contributed by atoms with Gasteiger partial charge in [-0.2, -0.15) is 0 Å². The van der Waals surface area contributed by atoms with Crippen LogP contribution in [0.4, 0.5) is 0 Å². The van der Waals surface area contributed by atoms with Gasteiger partial charge in [0.25, 0.3) is 0 Å². The Bertz CT molecular complexity index is 364. The Morgan fingerprint density at radius 3 is 2.58 bits per heavy atom. The molecule has 0 bridgehead atoms. The molecule has 3 heterocycles. The summed E-state index contributed by atoms with van der Waals surface area (Å²) in [5.74, 6) is 1.44. The molecule has 2 unspecified atom stereocenters. The smallest absolute Gasteiger partial charge is 0.228 e. The molecule has 0 spiro atoms. The molecule has 4 aliphatic rings. The Morgan fingerprint density at radius 2 is 1.89 bits per heavy atom. The zero-order valence-corrected chi connectivity index (χ0v) is 11.7. The number of carbonyl (C=O) groups excluding carboxylic acids is 1. The molecule has 0 aromatic carbocycles. The van der Waals surface area contributed by atoms with E-state index in [2.05, 4.69) is 15.1 Å². The van der Waals surface area contributed by atoms with Gasteiger partial charge in [-0.25, -0.2) is 0 Å². The third-order valence-electron chi connectivity index (χ3n) is 5.57. The van der Waals surface area contributed by atoms with Crippen molar-refractivity contribution in [3.05, 3.63) is 0 Å². The van der Waals surface area contributed by atoms with E-state index in [0.717, 1.165) is 44.2 Å². The van der Waals surface area contributed by atoms with Crippen molar-refractivity contribution in [1.29, 1.82) is 0 Å². The summed E-state index contributed by atoms with van der Waals surface area (Å²) in [7, 11) is 0. The Labute approximate surface area is 115 Å². The van der Waals surface area contributed by atoms with Crippen LogP contribution in [0.5, 0.6) is 0 Å². The first kappa shape index (κ1) is 12.2. The summed E-state index contributed by atoms with van der Waals surface area (Å²) in [4.78, 5) is 17.3. The Kier molecular flexibility index (Phi) is 3.03. The maximum absolute atomic E-state index is 12.4. The Balaban J connectivity index is 1.40. The fourth-order valence-corrected chi connectivity index (χ4v) is 4.22. The fraction of sp³-hybridized carbons (Fsp3) is 0.933. The second-order valence-corrected chi connectivity index (χ2v) is 6.87. The first-order valence-electron chi connectivity index (χ1n) is 8.08. The highest BCUT2D eigenvalue weighted by Crippen LogP contribution is 2.38.